The van der Waals surface area contributed by atoms with Crippen molar-refractivity contribution < 1.29 is 0 Å². The molecule has 1 aromatic heterocycles. The first-order valence-electron chi connectivity index (χ1n) is 6.00. The number of thiazole rings is 1. The summed E-state index contributed by atoms with van der Waals surface area (Å²) in [4.78, 5) is 4.51. The van der Waals surface area contributed by atoms with Gasteiger partial charge >= 0.3 is 0 Å². The van der Waals surface area contributed by atoms with Gasteiger partial charge in [-0.25, -0.2) is 4.98 Å². The average molecular weight is 281 g/mol. The van der Waals surface area contributed by atoms with Crippen LogP contribution in [0, 0.1) is 6.92 Å². The van der Waals surface area contributed by atoms with Crippen LogP contribution in [0.5, 0.6) is 0 Å². The van der Waals surface area contributed by atoms with Gasteiger partial charge in [0.05, 0.1) is 5.01 Å². The molecule has 0 aliphatic rings. The van der Waals surface area contributed by atoms with Crippen LogP contribution in [0.3, 0.4) is 0 Å². The van der Waals surface area contributed by atoms with Gasteiger partial charge in [-0.2, -0.15) is 0 Å². The summed E-state index contributed by atoms with van der Waals surface area (Å²) in [6.45, 7) is 2.03. The number of aryl methyl sites for hydroxylation is 1. The van der Waals surface area contributed by atoms with Crippen LogP contribution in [0.1, 0.15) is 16.3 Å². The number of aromatic nitrogens is 1. The summed E-state index contributed by atoms with van der Waals surface area (Å²) in [5, 5.41) is 7.44. The largest absolute Gasteiger partial charge is 0.316 e. The molecule has 0 amide bonds. The maximum atomic E-state index is 6.00. The lowest BCUT2D eigenvalue weighted by atomic mass is 10.0. The third-order valence-corrected chi connectivity index (χ3v) is 4.09. The van der Waals surface area contributed by atoms with Gasteiger partial charge < -0.3 is 5.32 Å². The Bertz CT molecular complexity index is 510. The van der Waals surface area contributed by atoms with Crippen LogP contribution in [0.25, 0.3) is 0 Å². The number of hydrogen-bond donors (Lipinski definition) is 1. The van der Waals surface area contributed by atoms with Gasteiger partial charge in [0.15, 0.2) is 0 Å². The van der Waals surface area contributed by atoms with Crippen molar-refractivity contribution in [1.29, 1.82) is 0 Å². The Hall–Kier alpha value is -0.900. The zero-order valence-electron chi connectivity index (χ0n) is 10.6. The summed E-state index contributed by atoms with van der Waals surface area (Å²) in [5.41, 5.74) is 2.36. The normalized spacial score (nSPS) is 12.6. The Balaban J connectivity index is 2.01. The molecule has 0 saturated heterocycles. The molecule has 1 heterocycles. The number of hydrogen-bond acceptors (Lipinski definition) is 3. The SMILES string of the molecule is CNC(Cc1cccc(Cl)c1)Cc1nc(C)cs1. The van der Waals surface area contributed by atoms with Gasteiger partial charge in [-0.05, 0) is 38.1 Å². The molecule has 0 bridgehead atoms. The second kappa shape index (κ2) is 6.32. The first-order valence-corrected chi connectivity index (χ1v) is 7.26. The van der Waals surface area contributed by atoms with Crippen LogP contribution < -0.4 is 5.32 Å². The fraction of sp³-hybridized carbons (Fsp3) is 0.357. The van der Waals surface area contributed by atoms with E-state index in [4.69, 9.17) is 11.6 Å². The average Bonchev–Trinajstić information content (AvgIpc) is 2.74. The van der Waals surface area contributed by atoms with Crippen molar-refractivity contribution in [3.05, 3.63) is 50.9 Å². The number of nitrogens with one attached hydrogen (secondary N) is 1. The van der Waals surface area contributed by atoms with Gasteiger partial charge in [-0.1, -0.05) is 23.7 Å². The molecule has 0 aliphatic heterocycles. The van der Waals surface area contributed by atoms with Gasteiger partial charge in [0.1, 0.15) is 0 Å². The first kappa shape index (κ1) is 13.5. The van der Waals surface area contributed by atoms with Crippen molar-refractivity contribution in [3.63, 3.8) is 0 Å². The fourth-order valence-electron chi connectivity index (χ4n) is 1.93. The molecule has 0 spiro atoms. The van der Waals surface area contributed by atoms with Crippen LogP contribution >= 0.6 is 22.9 Å². The third kappa shape index (κ3) is 3.80. The minimum atomic E-state index is 0.397. The Morgan fingerprint density at radius 3 is 2.83 bits per heavy atom. The van der Waals surface area contributed by atoms with E-state index in [9.17, 15) is 0 Å². The Morgan fingerprint density at radius 1 is 1.39 bits per heavy atom. The van der Waals surface area contributed by atoms with Crippen LogP contribution in [-0.2, 0) is 12.8 Å². The van der Waals surface area contributed by atoms with Gasteiger partial charge in [0, 0.05) is 28.6 Å². The molecule has 1 N–H and O–H groups in total. The second-order valence-corrected chi connectivity index (χ2v) is 5.79. The number of rotatable bonds is 5. The molecule has 2 nitrogen and oxygen atoms in total. The van der Waals surface area contributed by atoms with Crippen LogP contribution in [-0.4, -0.2) is 18.1 Å². The van der Waals surface area contributed by atoms with E-state index in [-0.39, 0.29) is 0 Å². The minimum Gasteiger partial charge on any atom is -0.316 e. The van der Waals surface area contributed by atoms with E-state index in [1.54, 1.807) is 11.3 Å². The molecule has 0 aliphatic carbocycles. The second-order valence-electron chi connectivity index (χ2n) is 4.41. The summed E-state index contributed by atoms with van der Waals surface area (Å²) in [7, 11) is 2.00. The van der Waals surface area contributed by atoms with Crippen molar-refractivity contribution in [2.24, 2.45) is 0 Å². The predicted molar refractivity (Wildman–Crippen MR) is 78.6 cm³/mol. The van der Waals surface area contributed by atoms with Crippen LogP contribution in [0.2, 0.25) is 5.02 Å². The zero-order valence-corrected chi connectivity index (χ0v) is 12.2. The van der Waals surface area contributed by atoms with Gasteiger partial charge in [-0.3, -0.25) is 0 Å². The van der Waals surface area contributed by atoms with Gasteiger partial charge in [-0.15, -0.1) is 11.3 Å². The van der Waals surface area contributed by atoms with Crippen molar-refractivity contribution >= 4 is 22.9 Å². The lowest BCUT2D eigenvalue weighted by Crippen LogP contribution is -2.29. The molecule has 18 heavy (non-hydrogen) atoms. The fourth-order valence-corrected chi connectivity index (χ4v) is 3.00. The summed E-state index contributed by atoms with van der Waals surface area (Å²) in [6.07, 6.45) is 1.93. The number of halogens is 1. The zero-order chi connectivity index (χ0) is 13.0. The number of benzene rings is 1. The highest BCUT2D eigenvalue weighted by atomic mass is 35.5. The first-order chi connectivity index (χ1) is 8.67. The Labute approximate surface area is 117 Å². The molecule has 2 aromatic rings. The third-order valence-electron chi connectivity index (χ3n) is 2.87. The predicted octanol–water partition coefficient (Wildman–Crippen LogP) is 3.48. The molecule has 0 radical (unpaired) electrons. The quantitative estimate of drug-likeness (QED) is 0.907. The molecule has 96 valence electrons. The highest BCUT2D eigenvalue weighted by Gasteiger charge is 2.11. The topological polar surface area (TPSA) is 24.9 Å². The molecule has 1 aromatic carbocycles. The smallest absolute Gasteiger partial charge is 0.0943 e. The van der Waals surface area contributed by atoms with E-state index in [0.717, 1.165) is 23.6 Å². The van der Waals surface area contributed by atoms with Crippen molar-refractivity contribution in [1.82, 2.24) is 10.3 Å². The molecule has 0 fully saturated rings. The summed E-state index contributed by atoms with van der Waals surface area (Å²) >= 11 is 7.73. The van der Waals surface area contributed by atoms with Crippen molar-refractivity contribution in [2.75, 3.05) is 7.05 Å². The van der Waals surface area contributed by atoms with Crippen molar-refractivity contribution in [3.8, 4) is 0 Å². The highest BCUT2D eigenvalue weighted by molar-refractivity contribution is 7.09. The maximum Gasteiger partial charge on any atom is 0.0943 e. The monoisotopic (exact) mass is 280 g/mol. The molecular formula is C14H17ClN2S. The lowest BCUT2D eigenvalue weighted by Gasteiger charge is -2.15. The number of nitrogens with zero attached hydrogens (tertiary/aromatic N) is 1. The standard InChI is InChI=1S/C14H17ClN2S/c1-10-9-18-14(17-10)8-13(16-2)7-11-4-3-5-12(15)6-11/h3-6,9,13,16H,7-8H2,1-2H3. The summed E-state index contributed by atoms with van der Waals surface area (Å²) in [6, 6.07) is 8.44. The van der Waals surface area contributed by atoms with E-state index in [0.29, 0.717) is 6.04 Å². The van der Waals surface area contributed by atoms with Gasteiger partial charge in [0.2, 0.25) is 0 Å². The minimum absolute atomic E-state index is 0.397. The molecule has 1 atom stereocenters. The molecule has 2 rings (SSSR count). The lowest BCUT2D eigenvalue weighted by molar-refractivity contribution is 0.555. The van der Waals surface area contributed by atoms with E-state index in [1.165, 1.54) is 10.6 Å². The van der Waals surface area contributed by atoms with Gasteiger partial charge in [0.25, 0.3) is 0 Å². The summed E-state index contributed by atoms with van der Waals surface area (Å²) in [5.74, 6) is 0. The molecule has 1 unspecified atom stereocenters. The Morgan fingerprint density at radius 2 is 2.22 bits per heavy atom. The van der Waals surface area contributed by atoms with E-state index in [1.807, 2.05) is 32.2 Å². The van der Waals surface area contributed by atoms with E-state index in [2.05, 4.69) is 21.7 Å². The van der Waals surface area contributed by atoms with Crippen LogP contribution in [0.15, 0.2) is 29.6 Å². The van der Waals surface area contributed by atoms with Crippen LogP contribution in [0.4, 0.5) is 0 Å². The highest BCUT2D eigenvalue weighted by Crippen LogP contribution is 2.16. The van der Waals surface area contributed by atoms with E-state index < -0.39 is 0 Å². The Kier molecular flexibility index (Phi) is 4.75. The number of likely N-dealkylation sites (N-methyl/N-ethyl adjacent to an activating group) is 1. The van der Waals surface area contributed by atoms with Crippen molar-refractivity contribution in [2.45, 2.75) is 25.8 Å². The maximum absolute atomic E-state index is 6.00. The molecule has 4 heteroatoms. The molecule has 0 saturated carbocycles. The summed E-state index contributed by atoms with van der Waals surface area (Å²) < 4.78 is 0. The van der Waals surface area contributed by atoms with E-state index >= 15 is 0 Å². The molecular weight excluding hydrogens is 264 g/mol.